The number of aliphatic hydroxyl groups excluding tert-OH is 1. The van der Waals surface area contributed by atoms with E-state index in [1.165, 1.54) is 0 Å². The van der Waals surface area contributed by atoms with E-state index in [0.29, 0.717) is 11.6 Å². The fourth-order valence-electron chi connectivity index (χ4n) is 2.92. The molecule has 0 saturated carbocycles. The molecule has 3 nitrogen and oxygen atoms in total. The Kier molecular flexibility index (Phi) is 5.38. The molecule has 2 atom stereocenters. The maximum Gasteiger partial charge on any atom is 0.146 e. The van der Waals surface area contributed by atoms with Crippen LogP contribution in [0.1, 0.15) is 37.8 Å². The van der Waals surface area contributed by atoms with Crippen LogP contribution in [-0.2, 0) is 0 Å². The van der Waals surface area contributed by atoms with E-state index in [-0.39, 0.29) is 18.5 Å². The molecule has 112 valence electrons. The van der Waals surface area contributed by atoms with Crippen molar-refractivity contribution >= 4 is 5.69 Å². The van der Waals surface area contributed by atoms with Gasteiger partial charge in [0.25, 0.3) is 0 Å². The van der Waals surface area contributed by atoms with Crippen molar-refractivity contribution < 1.29 is 9.50 Å². The van der Waals surface area contributed by atoms with Gasteiger partial charge >= 0.3 is 0 Å². The van der Waals surface area contributed by atoms with E-state index in [4.69, 9.17) is 5.11 Å². The van der Waals surface area contributed by atoms with E-state index in [9.17, 15) is 4.39 Å². The Morgan fingerprint density at radius 2 is 2.30 bits per heavy atom. The molecule has 1 heterocycles. The maximum absolute atomic E-state index is 14.3. The van der Waals surface area contributed by atoms with Crippen LogP contribution in [-0.4, -0.2) is 31.9 Å². The summed E-state index contributed by atoms with van der Waals surface area (Å²) in [6, 6.07) is 5.67. The second-order valence-electron chi connectivity index (χ2n) is 5.69. The molecule has 1 saturated heterocycles. The minimum atomic E-state index is -0.144. The molecule has 2 unspecified atom stereocenters. The predicted octanol–water partition coefficient (Wildman–Crippen LogP) is 2.70. The minimum Gasteiger partial charge on any atom is -0.396 e. The number of rotatable bonds is 5. The fraction of sp³-hybridized carbons (Fsp3) is 0.625. The number of hydrogen-bond donors (Lipinski definition) is 2. The van der Waals surface area contributed by atoms with Gasteiger partial charge < -0.3 is 15.3 Å². The summed E-state index contributed by atoms with van der Waals surface area (Å²) in [5.74, 6) is 0.332. The summed E-state index contributed by atoms with van der Waals surface area (Å²) in [6.07, 6.45) is 3.01. The minimum absolute atomic E-state index is 0.144. The van der Waals surface area contributed by atoms with E-state index < -0.39 is 0 Å². The third-order valence-corrected chi connectivity index (χ3v) is 4.30. The Labute approximate surface area is 120 Å². The summed E-state index contributed by atoms with van der Waals surface area (Å²) in [5, 5.41) is 12.2. The molecular formula is C16H25FN2O. The Morgan fingerprint density at radius 3 is 2.95 bits per heavy atom. The SMILES string of the molecule is CNC(C)c1ccc(N2CCCC(CCO)C2)c(F)c1. The average Bonchev–Trinajstić information content (AvgIpc) is 2.47. The summed E-state index contributed by atoms with van der Waals surface area (Å²) in [4.78, 5) is 2.12. The first-order valence-electron chi connectivity index (χ1n) is 7.48. The van der Waals surface area contributed by atoms with Crippen molar-refractivity contribution in [2.24, 2.45) is 5.92 Å². The average molecular weight is 280 g/mol. The van der Waals surface area contributed by atoms with Gasteiger partial charge in [-0.3, -0.25) is 0 Å². The van der Waals surface area contributed by atoms with E-state index in [1.807, 2.05) is 26.1 Å². The highest BCUT2D eigenvalue weighted by Gasteiger charge is 2.22. The largest absolute Gasteiger partial charge is 0.396 e. The van der Waals surface area contributed by atoms with Gasteiger partial charge in [0.1, 0.15) is 5.82 Å². The van der Waals surface area contributed by atoms with Crippen LogP contribution in [0.2, 0.25) is 0 Å². The molecule has 1 aliphatic rings. The topological polar surface area (TPSA) is 35.5 Å². The number of nitrogens with zero attached hydrogens (tertiary/aromatic N) is 1. The Balaban J connectivity index is 2.12. The first kappa shape index (κ1) is 15.3. The normalized spacial score (nSPS) is 21.0. The quantitative estimate of drug-likeness (QED) is 0.870. The van der Waals surface area contributed by atoms with Gasteiger partial charge in [-0.05, 0) is 56.8 Å². The Morgan fingerprint density at radius 1 is 1.50 bits per heavy atom. The highest BCUT2D eigenvalue weighted by molar-refractivity contribution is 5.50. The molecule has 0 aliphatic carbocycles. The van der Waals surface area contributed by atoms with E-state index >= 15 is 0 Å². The molecule has 0 bridgehead atoms. The number of aliphatic hydroxyl groups is 1. The van der Waals surface area contributed by atoms with Crippen LogP contribution in [0.5, 0.6) is 0 Å². The second kappa shape index (κ2) is 7.04. The molecule has 1 fully saturated rings. The lowest BCUT2D eigenvalue weighted by molar-refractivity contribution is 0.244. The summed E-state index contributed by atoms with van der Waals surface area (Å²) in [5.41, 5.74) is 1.66. The van der Waals surface area contributed by atoms with Gasteiger partial charge in [-0.25, -0.2) is 4.39 Å². The highest BCUT2D eigenvalue weighted by Crippen LogP contribution is 2.28. The zero-order valence-corrected chi connectivity index (χ0v) is 12.4. The Hall–Kier alpha value is -1.13. The van der Waals surface area contributed by atoms with Gasteiger partial charge in [0.15, 0.2) is 0 Å². The maximum atomic E-state index is 14.3. The molecule has 1 aromatic carbocycles. The lowest BCUT2D eigenvalue weighted by atomic mass is 9.94. The predicted molar refractivity (Wildman–Crippen MR) is 80.5 cm³/mol. The van der Waals surface area contributed by atoms with Crippen molar-refractivity contribution in [2.75, 3.05) is 31.6 Å². The smallest absolute Gasteiger partial charge is 0.146 e. The molecule has 2 N–H and O–H groups in total. The number of benzene rings is 1. The van der Waals surface area contributed by atoms with Gasteiger partial charge in [-0.2, -0.15) is 0 Å². The molecule has 0 amide bonds. The molecule has 0 radical (unpaired) electrons. The lowest BCUT2D eigenvalue weighted by Gasteiger charge is -2.34. The summed E-state index contributed by atoms with van der Waals surface area (Å²) in [6.45, 7) is 3.99. The number of halogens is 1. The van der Waals surface area contributed by atoms with Crippen LogP contribution in [0.3, 0.4) is 0 Å². The summed E-state index contributed by atoms with van der Waals surface area (Å²) >= 11 is 0. The number of nitrogens with one attached hydrogen (secondary N) is 1. The first-order chi connectivity index (χ1) is 9.65. The van der Waals surface area contributed by atoms with Crippen molar-refractivity contribution in [3.05, 3.63) is 29.6 Å². The van der Waals surface area contributed by atoms with Crippen LogP contribution in [0, 0.1) is 11.7 Å². The van der Waals surface area contributed by atoms with Crippen LogP contribution < -0.4 is 10.2 Å². The third kappa shape index (κ3) is 3.49. The van der Waals surface area contributed by atoms with E-state index in [0.717, 1.165) is 37.9 Å². The van der Waals surface area contributed by atoms with Gasteiger partial charge in [-0.1, -0.05) is 6.07 Å². The molecule has 20 heavy (non-hydrogen) atoms. The molecule has 0 aromatic heterocycles. The van der Waals surface area contributed by atoms with Gasteiger partial charge in [-0.15, -0.1) is 0 Å². The van der Waals surface area contributed by atoms with Crippen molar-refractivity contribution in [1.82, 2.24) is 5.32 Å². The zero-order chi connectivity index (χ0) is 14.5. The van der Waals surface area contributed by atoms with Crippen LogP contribution in [0.4, 0.5) is 10.1 Å². The van der Waals surface area contributed by atoms with E-state index in [1.54, 1.807) is 6.07 Å². The van der Waals surface area contributed by atoms with Crippen molar-refractivity contribution in [3.8, 4) is 0 Å². The highest BCUT2D eigenvalue weighted by atomic mass is 19.1. The van der Waals surface area contributed by atoms with Crippen molar-refractivity contribution in [3.63, 3.8) is 0 Å². The third-order valence-electron chi connectivity index (χ3n) is 4.30. The first-order valence-corrected chi connectivity index (χ1v) is 7.48. The standard InChI is InChI=1S/C16H25FN2O/c1-12(18-2)14-5-6-16(15(17)10-14)19-8-3-4-13(11-19)7-9-20/h5-6,10,12-13,18,20H,3-4,7-9,11H2,1-2H3. The van der Waals surface area contributed by atoms with Gasteiger partial charge in [0, 0.05) is 25.7 Å². The van der Waals surface area contributed by atoms with E-state index in [2.05, 4.69) is 10.2 Å². The molecule has 0 spiro atoms. The molecule has 2 rings (SSSR count). The number of anilines is 1. The molecule has 1 aliphatic heterocycles. The molecule has 4 heteroatoms. The van der Waals surface area contributed by atoms with Crippen LogP contribution in [0.15, 0.2) is 18.2 Å². The number of piperidine rings is 1. The zero-order valence-electron chi connectivity index (χ0n) is 12.4. The number of hydrogen-bond acceptors (Lipinski definition) is 3. The Bertz CT molecular complexity index is 436. The second-order valence-corrected chi connectivity index (χ2v) is 5.69. The van der Waals surface area contributed by atoms with Crippen LogP contribution in [0.25, 0.3) is 0 Å². The van der Waals surface area contributed by atoms with Gasteiger partial charge in [0.05, 0.1) is 5.69 Å². The molecule has 1 aromatic rings. The van der Waals surface area contributed by atoms with Gasteiger partial charge in [0.2, 0.25) is 0 Å². The van der Waals surface area contributed by atoms with Crippen molar-refractivity contribution in [1.29, 1.82) is 0 Å². The summed E-state index contributed by atoms with van der Waals surface area (Å²) in [7, 11) is 1.88. The molecular weight excluding hydrogens is 255 g/mol. The summed E-state index contributed by atoms with van der Waals surface area (Å²) < 4.78 is 14.3. The fourth-order valence-corrected chi connectivity index (χ4v) is 2.92. The van der Waals surface area contributed by atoms with Crippen LogP contribution >= 0.6 is 0 Å². The monoisotopic (exact) mass is 280 g/mol. The lowest BCUT2D eigenvalue weighted by Crippen LogP contribution is -2.36. The van der Waals surface area contributed by atoms with Crippen molar-refractivity contribution in [2.45, 2.75) is 32.2 Å².